The molecule has 0 radical (unpaired) electrons. The third-order valence-corrected chi connectivity index (χ3v) is 4.33. The Morgan fingerprint density at radius 3 is 2.85 bits per heavy atom. The molecular weight excluding hydrogens is 186 g/mol. The second-order valence-electron chi connectivity index (χ2n) is 3.51. The third-order valence-electron chi connectivity index (χ3n) is 2.36. The second kappa shape index (κ2) is 4.24. The van der Waals surface area contributed by atoms with Gasteiger partial charge in [0.1, 0.15) is 0 Å². The van der Waals surface area contributed by atoms with Gasteiger partial charge in [0.2, 0.25) is 10.0 Å². The maximum Gasteiger partial charge on any atom is 0.214 e. The van der Waals surface area contributed by atoms with Gasteiger partial charge in [-0.05, 0) is 25.7 Å². The van der Waals surface area contributed by atoms with Crippen molar-refractivity contribution in [3.63, 3.8) is 0 Å². The van der Waals surface area contributed by atoms with Crippen molar-refractivity contribution < 1.29 is 8.42 Å². The zero-order valence-corrected chi connectivity index (χ0v) is 8.86. The molecule has 0 saturated heterocycles. The number of allylic oxidation sites excluding steroid dienone is 1. The molecule has 1 rings (SSSR count). The Morgan fingerprint density at radius 2 is 2.31 bits per heavy atom. The van der Waals surface area contributed by atoms with Gasteiger partial charge >= 0.3 is 0 Å². The Morgan fingerprint density at radius 1 is 1.62 bits per heavy atom. The van der Waals surface area contributed by atoms with Crippen molar-refractivity contribution in [2.75, 3.05) is 6.54 Å². The van der Waals surface area contributed by atoms with E-state index in [1.165, 1.54) is 0 Å². The van der Waals surface area contributed by atoms with Crippen molar-refractivity contribution in [1.29, 1.82) is 0 Å². The quantitative estimate of drug-likeness (QED) is 0.705. The first-order chi connectivity index (χ1) is 6.06. The molecule has 1 saturated carbocycles. The van der Waals surface area contributed by atoms with E-state index >= 15 is 0 Å². The van der Waals surface area contributed by atoms with Gasteiger partial charge in [-0.15, -0.1) is 0 Å². The minimum Gasteiger partial charge on any atom is -0.215 e. The van der Waals surface area contributed by atoms with E-state index in [0.717, 1.165) is 24.8 Å². The van der Waals surface area contributed by atoms with Crippen molar-refractivity contribution in [2.45, 2.75) is 37.9 Å². The summed E-state index contributed by atoms with van der Waals surface area (Å²) < 4.78 is 25.7. The molecule has 0 aromatic rings. The van der Waals surface area contributed by atoms with Crippen molar-refractivity contribution in [2.24, 2.45) is 0 Å². The van der Waals surface area contributed by atoms with Gasteiger partial charge in [0, 0.05) is 6.54 Å². The summed E-state index contributed by atoms with van der Waals surface area (Å²) in [6.45, 7) is 6.12. The topological polar surface area (TPSA) is 46.2 Å². The van der Waals surface area contributed by atoms with Gasteiger partial charge in [-0.3, -0.25) is 0 Å². The summed E-state index contributed by atoms with van der Waals surface area (Å²) in [7, 11) is -3.08. The van der Waals surface area contributed by atoms with Crippen LogP contribution in [0.25, 0.3) is 0 Å². The van der Waals surface area contributed by atoms with Crippen LogP contribution in [0.15, 0.2) is 12.2 Å². The largest absolute Gasteiger partial charge is 0.215 e. The fourth-order valence-electron chi connectivity index (χ4n) is 1.69. The molecule has 0 aliphatic heterocycles. The number of hydrogen-bond donors (Lipinski definition) is 1. The Bertz CT molecular complexity index is 282. The predicted octanol–water partition coefficient (Wildman–Crippen LogP) is 1.42. The SMILES string of the molecule is C=C1CCCC(S(=O)(=O)NCC)C1. The van der Waals surface area contributed by atoms with Gasteiger partial charge in [-0.1, -0.05) is 19.1 Å². The van der Waals surface area contributed by atoms with Crippen molar-refractivity contribution in [3.05, 3.63) is 12.2 Å². The van der Waals surface area contributed by atoms with Crippen LogP contribution in [0.3, 0.4) is 0 Å². The molecule has 13 heavy (non-hydrogen) atoms. The summed E-state index contributed by atoms with van der Waals surface area (Å²) in [6.07, 6.45) is 3.34. The molecule has 0 bridgehead atoms. The first kappa shape index (κ1) is 10.7. The van der Waals surface area contributed by atoms with E-state index in [-0.39, 0.29) is 5.25 Å². The summed E-state index contributed by atoms with van der Waals surface area (Å²) in [4.78, 5) is 0. The van der Waals surface area contributed by atoms with Crippen LogP contribution >= 0.6 is 0 Å². The van der Waals surface area contributed by atoms with Crippen molar-refractivity contribution >= 4 is 10.0 Å². The van der Waals surface area contributed by atoms with Gasteiger partial charge in [0.25, 0.3) is 0 Å². The summed E-state index contributed by atoms with van der Waals surface area (Å²) in [5.74, 6) is 0. The number of rotatable bonds is 3. The predicted molar refractivity (Wildman–Crippen MR) is 54.0 cm³/mol. The molecule has 1 N–H and O–H groups in total. The molecule has 0 aromatic carbocycles. The lowest BCUT2D eigenvalue weighted by Gasteiger charge is -2.23. The standard InChI is InChI=1S/C9H17NO2S/c1-3-10-13(11,12)9-6-4-5-8(2)7-9/h9-10H,2-7H2,1H3. The van der Waals surface area contributed by atoms with E-state index in [2.05, 4.69) is 11.3 Å². The Balaban J connectivity index is 2.65. The zero-order chi connectivity index (χ0) is 9.90. The average Bonchev–Trinajstić information content (AvgIpc) is 2.04. The summed E-state index contributed by atoms with van der Waals surface area (Å²) in [6, 6.07) is 0. The molecule has 0 amide bonds. The lowest BCUT2D eigenvalue weighted by Crippen LogP contribution is -2.35. The van der Waals surface area contributed by atoms with Crippen molar-refractivity contribution in [1.82, 2.24) is 4.72 Å². The van der Waals surface area contributed by atoms with E-state index in [1.807, 2.05) is 0 Å². The van der Waals surface area contributed by atoms with E-state index in [4.69, 9.17) is 0 Å². The van der Waals surface area contributed by atoms with Gasteiger partial charge in [-0.25, -0.2) is 13.1 Å². The van der Waals surface area contributed by atoms with Gasteiger partial charge < -0.3 is 0 Å². The number of sulfonamides is 1. The van der Waals surface area contributed by atoms with Crippen LogP contribution in [0.2, 0.25) is 0 Å². The molecule has 1 atom stereocenters. The van der Waals surface area contributed by atoms with Crippen LogP contribution in [-0.4, -0.2) is 20.2 Å². The van der Waals surface area contributed by atoms with Crippen LogP contribution in [0.5, 0.6) is 0 Å². The fourth-order valence-corrected chi connectivity index (χ4v) is 3.26. The first-order valence-corrected chi connectivity index (χ1v) is 6.26. The van der Waals surface area contributed by atoms with E-state index < -0.39 is 10.0 Å². The minimum atomic E-state index is -3.08. The Hall–Kier alpha value is -0.350. The van der Waals surface area contributed by atoms with E-state index in [1.54, 1.807) is 6.92 Å². The summed E-state index contributed by atoms with van der Waals surface area (Å²) >= 11 is 0. The van der Waals surface area contributed by atoms with Crippen LogP contribution < -0.4 is 4.72 Å². The highest BCUT2D eigenvalue weighted by atomic mass is 32.2. The van der Waals surface area contributed by atoms with Crippen LogP contribution in [0.1, 0.15) is 32.6 Å². The molecule has 0 heterocycles. The highest BCUT2D eigenvalue weighted by Gasteiger charge is 2.27. The Labute approximate surface area is 80.3 Å². The lowest BCUT2D eigenvalue weighted by atomic mass is 9.96. The molecule has 0 aromatic heterocycles. The maximum absolute atomic E-state index is 11.6. The van der Waals surface area contributed by atoms with Gasteiger partial charge in [0.05, 0.1) is 5.25 Å². The third kappa shape index (κ3) is 2.81. The highest BCUT2D eigenvalue weighted by molar-refractivity contribution is 7.90. The van der Waals surface area contributed by atoms with Crippen LogP contribution in [0.4, 0.5) is 0 Å². The van der Waals surface area contributed by atoms with Crippen LogP contribution in [0, 0.1) is 0 Å². The van der Waals surface area contributed by atoms with Crippen LogP contribution in [-0.2, 0) is 10.0 Å². The molecule has 1 unspecified atom stereocenters. The number of nitrogens with one attached hydrogen (secondary N) is 1. The normalized spacial score (nSPS) is 24.7. The molecule has 0 spiro atoms. The molecule has 3 nitrogen and oxygen atoms in total. The number of hydrogen-bond acceptors (Lipinski definition) is 2. The minimum absolute atomic E-state index is 0.242. The first-order valence-electron chi connectivity index (χ1n) is 4.71. The lowest BCUT2D eigenvalue weighted by molar-refractivity contribution is 0.530. The monoisotopic (exact) mass is 203 g/mol. The summed E-state index contributed by atoms with van der Waals surface area (Å²) in [5.41, 5.74) is 1.07. The molecule has 1 aliphatic carbocycles. The zero-order valence-electron chi connectivity index (χ0n) is 8.04. The smallest absolute Gasteiger partial charge is 0.214 e. The highest BCUT2D eigenvalue weighted by Crippen LogP contribution is 2.26. The molecule has 4 heteroatoms. The maximum atomic E-state index is 11.6. The van der Waals surface area contributed by atoms with Gasteiger partial charge in [-0.2, -0.15) is 0 Å². The molecule has 1 aliphatic rings. The molecule has 76 valence electrons. The van der Waals surface area contributed by atoms with E-state index in [9.17, 15) is 8.42 Å². The Kier molecular flexibility index (Phi) is 3.50. The second-order valence-corrected chi connectivity index (χ2v) is 5.56. The average molecular weight is 203 g/mol. The molecule has 1 fully saturated rings. The van der Waals surface area contributed by atoms with Crippen molar-refractivity contribution in [3.8, 4) is 0 Å². The molecular formula is C9H17NO2S. The summed E-state index contributed by atoms with van der Waals surface area (Å²) in [5, 5.41) is -0.242. The fraction of sp³-hybridized carbons (Fsp3) is 0.778. The van der Waals surface area contributed by atoms with Gasteiger partial charge in [0.15, 0.2) is 0 Å². The van der Waals surface area contributed by atoms with E-state index in [0.29, 0.717) is 13.0 Å².